The average molecular weight is 303 g/mol. The molecule has 0 radical (unpaired) electrons. The van der Waals surface area contributed by atoms with E-state index >= 15 is 0 Å². The summed E-state index contributed by atoms with van der Waals surface area (Å²) < 4.78 is 31.6. The number of aryl methyl sites for hydroxylation is 1. The molecule has 0 atom stereocenters. The minimum Gasteiger partial charge on any atom is -0.392 e. The van der Waals surface area contributed by atoms with Gasteiger partial charge in [-0.15, -0.1) is 0 Å². The van der Waals surface area contributed by atoms with E-state index in [4.69, 9.17) is 4.74 Å². The molecule has 1 saturated heterocycles. The van der Waals surface area contributed by atoms with E-state index in [0.29, 0.717) is 36.9 Å². The standard InChI is InChI=1S/C12H21N3O4S/c1-9-11(8-16)12(14-13-9)20(17,18)15(2)7-10-3-5-19-6-4-10/h10,16H,3-8H2,1-2H3,(H,13,14). The van der Waals surface area contributed by atoms with Crippen LogP contribution in [0.5, 0.6) is 0 Å². The van der Waals surface area contributed by atoms with Crippen LogP contribution in [0.15, 0.2) is 5.03 Å². The van der Waals surface area contributed by atoms with Gasteiger partial charge in [0.25, 0.3) is 10.0 Å². The van der Waals surface area contributed by atoms with Gasteiger partial charge < -0.3 is 9.84 Å². The highest BCUT2D eigenvalue weighted by atomic mass is 32.2. The van der Waals surface area contributed by atoms with E-state index < -0.39 is 10.0 Å². The summed E-state index contributed by atoms with van der Waals surface area (Å²) in [6.07, 6.45) is 1.73. The van der Waals surface area contributed by atoms with E-state index in [1.165, 1.54) is 4.31 Å². The van der Waals surface area contributed by atoms with E-state index in [1.54, 1.807) is 14.0 Å². The molecular formula is C12H21N3O4S. The molecule has 7 nitrogen and oxygen atoms in total. The van der Waals surface area contributed by atoms with Crippen molar-refractivity contribution in [1.29, 1.82) is 0 Å². The van der Waals surface area contributed by atoms with Gasteiger partial charge in [-0.2, -0.15) is 9.40 Å². The fraction of sp³-hybridized carbons (Fsp3) is 0.750. The summed E-state index contributed by atoms with van der Waals surface area (Å²) in [6, 6.07) is 0. The monoisotopic (exact) mass is 303 g/mol. The molecule has 0 aromatic carbocycles. The molecule has 114 valence electrons. The van der Waals surface area contributed by atoms with Crippen molar-refractivity contribution in [2.45, 2.75) is 31.4 Å². The Hall–Kier alpha value is -0.960. The van der Waals surface area contributed by atoms with Gasteiger partial charge in [0, 0.05) is 38.1 Å². The summed E-state index contributed by atoms with van der Waals surface area (Å²) in [4.78, 5) is 0. The number of rotatable bonds is 5. The maximum Gasteiger partial charge on any atom is 0.262 e. The summed E-state index contributed by atoms with van der Waals surface area (Å²) >= 11 is 0. The van der Waals surface area contributed by atoms with Crippen LogP contribution in [0.25, 0.3) is 0 Å². The Morgan fingerprint density at radius 3 is 2.70 bits per heavy atom. The topological polar surface area (TPSA) is 95.5 Å². The van der Waals surface area contributed by atoms with Gasteiger partial charge in [0.1, 0.15) is 0 Å². The van der Waals surface area contributed by atoms with Gasteiger partial charge in [-0.3, -0.25) is 5.10 Å². The number of aromatic nitrogens is 2. The first kappa shape index (κ1) is 15.4. The first-order chi connectivity index (χ1) is 9.46. The number of aromatic amines is 1. The van der Waals surface area contributed by atoms with Crippen LogP contribution >= 0.6 is 0 Å². The maximum atomic E-state index is 12.5. The number of hydrogen-bond acceptors (Lipinski definition) is 5. The zero-order chi connectivity index (χ0) is 14.8. The predicted molar refractivity (Wildman–Crippen MR) is 72.6 cm³/mol. The van der Waals surface area contributed by atoms with Gasteiger partial charge in [0.2, 0.25) is 0 Å². The first-order valence-electron chi connectivity index (χ1n) is 6.65. The summed E-state index contributed by atoms with van der Waals surface area (Å²) in [5.74, 6) is 0.307. The minimum absolute atomic E-state index is 0.0768. The second kappa shape index (κ2) is 6.21. The Balaban J connectivity index is 2.16. The Bertz CT molecular complexity index is 549. The van der Waals surface area contributed by atoms with Gasteiger partial charge in [0.15, 0.2) is 5.03 Å². The van der Waals surface area contributed by atoms with Crippen LogP contribution in [0.3, 0.4) is 0 Å². The highest BCUT2D eigenvalue weighted by molar-refractivity contribution is 7.89. The van der Waals surface area contributed by atoms with Crippen molar-refractivity contribution < 1.29 is 18.3 Å². The van der Waals surface area contributed by atoms with Gasteiger partial charge >= 0.3 is 0 Å². The number of hydrogen-bond donors (Lipinski definition) is 2. The fourth-order valence-electron chi connectivity index (χ4n) is 2.37. The minimum atomic E-state index is -3.67. The summed E-state index contributed by atoms with van der Waals surface area (Å²) in [7, 11) is -2.12. The summed E-state index contributed by atoms with van der Waals surface area (Å²) in [5, 5.41) is 15.7. The summed E-state index contributed by atoms with van der Waals surface area (Å²) in [6.45, 7) is 3.16. The molecule has 1 fully saturated rings. The van der Waals surface area contributed by atoms with Crippen molar-refractivity contribution in [1.82, 2.24) is 14.5 Å². The van der Waals surface area contributed by atoms with Crippen molar-refractivity contribution in [3.8, 4) is 0 Å². The molecule has 0 unspecified atom stereocenters. The van der Waals surface area contributed by atoms with Gasteiger partial charge in [-0.05, 0) is 25.7 Å². The average Bonchev–Trinajstić information content (AvgIpc) is 2.81. The smallest absolute Gasteiger partial charge is 0.262 e. The zero-order valence-corrected chi connectivity index (χ0v) is 12.6. The molecule has 20 heavy (non-hydrogen) atoms. The summed E-state index contributed by atoms with van der Waals surface area (Å²) in [5.41, 5.74) is 0.911. The molecule has 1 aliphatic rings. The van der Waals surface area contributed by atoms with E-state index in [-0.39, 0.29) is 11.6 Å². The molecular weight excluding hydrogens is 282 g/mol. The number of H-pyrrole nitrogens is 1. The first-order valence-corrected chi connectivity index (χ1v) is 8.09. The Morgan fingerprint density at radius 1 is 1.45 bits per heavy atom. The van der Waals surface area contributed by atoms with Crippen LogP contribution in [0.4, 0.5) is 0 Å². The van der Waals surface area contributed by atoms with Crippen molar-refractivity contribution in [2.24, 2.45) is 5.92 Å². The lowest BCUT2D eigenvalue weighted by Gasteiger charge is -2.26. The van der Waals surface area contributed by atoms with E-state index in [1.807, 2.05) is 0 Å². The van der Waals surface area contributed by atoms with Crippen molar-refractivity contribution in [3.05, 3.63) is 11.3 Å². The molecule has 1 aromatic heterocycles. The number of sulfonamides is 1. The van der Waals surface area contributed by atoms with Crippen LogP contribution < -0.4 is 0 Å². The third kappa shape index (κ3) is 3.03. The Labute approximate surface area is 119 Å². The van der Waals surface area contributed by atoms with E-state index in [0.717, 1.165) is 12.8 Å². The molecule has 0 spiro atoms. The van der Waals surface area contributed by atoms with E-state index in [9.17, 15) is 13.5 Å². The number of nitrogens with one attached hydrogen (secondary N) is 1. The second-order valence-corrected chi connectivity index (χ2v) is 7.09. The molecule has 1 aromatic rings. The van der Waals surface area contributed by atoms with Crippen LogP contribution in [-0.2, 0) is 21.4 Å². The molecule has 2 N–H and O–H groups in total. The molecule has 2 rings (SSSR count). The number of aliphatic hydroxyl groups excluding tert-OH is 1. The van der Waals surface area contributed by atoms with Crippen LogP contribution in [0.2, 0.25) is 0 Å². The lowest BCUT2D eigenvalue weighted by molar-refractivity contribution is 0.0620. The SMILES string of the molecule is Cc1[nH]nc(S(=O)(=O)N(C)CC2CCOCC2)c1CO. The highest BCUT2D eigenvalue weighted by Gasteiger charge is 2.29. The Kier molecular flexibility index (Phi) is 4.79. The van der Waals surface area contributed by atoms with Crippen molar-refractivity contribution >= 4 is 10.0 Å². The van der Waals surface area contributed by atoms with Crippen LogP contribution in [0.1, 0.15) is 24.1 Å². The number of nitrogens with zero attached hydrogens (tertiary/aromatic N) is 2. The molecule has 0 amide bonds. The van der Waals surface area contributed by atoms with Gasteiger partial charge in [-0.25, -0.2) is 8.42 Å². The lowest BCUT2D eigenvalue weighted by atomic mass is 10.0. The molecule has 8 heteroatoms. The van der Waals surface area contributed by atoms with Gasteiger partial charge in [-0.1, -0.05) is 0 Å². The normalized spacial score (nSPS) is 17.8. The largest absolute Gasteiger partial charge is 0.392 e. The quantitative estimate of drug-likeness (QED) is 0.813. The lowest BCUT2D eigenvalue weighted by Crippen LogP contribution is -2.34. The highest BCUT2D eigenvalue weighted by Crippen LogP contribution is 2.22. The third-order valence-electron chi connectivity index (χ3n) is 3.70. The fourth-order valence-corrected chi connectivity index (χ4v) is 3.76. The van der Waals surface area contributed by atoms with Gasteiger partial charge in [0.05, 0.1) is 6.61 Å². The molecule has 0 bridgehead atoms. The third-order valence-corrected chi connectivity index (χ3v) is 5.50. The molecule has 0 saturated carbocycles. The molecule has 0 aliphatic carbocycles. The maximum absolute atomic E-state index is 12.5. The van der Waals surface area contributed by atoms with Crippen molar-refractivity contribution in [3.63, 3.8) is 0 Å². The van der Waals surface area contributed by atoms with E-state index in [2.05, 4.69) is 10.2 Å². The number of ether oxygens (including phenoxy) is 1. The number of aliphatic hydroxyl groups is 1. The van der Waals surface area contributed by atoms with Crippen molar-refractivity contribution in [2.75, 3.05) is 26.8 Å². The second-order valence-electron chi connectivity index (χ2n) is 5.13. The molecule has 1 aliphatic heterocycles. The predicted octanol–water partition coefficient (Wildman–Crippen LogP) is 0.258. The van der Waals surface area contributed by atoms with Crippen LogP contribution in [-0.4, -0.2) is 54.8 Å². The van der Waals surface area contributed by atoms with Crippen LogP contribution in [0, 0.1) is 12.8 Å². The zero-order valence-electron chi connectivity index (χ0n) is 11.8. The Morgan fingerprint density at radius 2 is 2.10 bits per heavy atom. The molecule has 2 heterocycles.